The van der Waals surface area contributed by atoms with Gasteiger partial charge in [-0.25, -0.2) is 4.98 Å². The zero-order valence-electron chi connectivity index (χ0n) is 11.4. The van der Waals surface area contributed by atoms with E-state index in [1.54, 1.807) is 20.4 Å². The van der Waals surface area contributed by atoms with Crippen molar-refractivity contribution >= 4 is 0 Å². The molecular weight excluding hydrogens is 234 g/mol. The number of ether oxygens (including phenoxy) is 3. The van der Waals surface area contributed by atoms with Crippen LogP contribution in [0.2, 0.25) is 0 Å². The molecule has 1 N–H and O–H groups in total. The monoisotopic (exact) mass is 255 g/mol. The summed E-state index contributed by atoms with van der Waals surface area (Å²) in [6.07, 6.45) is 1.58. The fraction of sp³-hybridized carbons (Fsp3) is 0.667. The van der Waals surface area contributed by atoms with Gasteiger partial charge in [0.1, 0.15) is 5.69 Å². The van der Waals surface area contributed by atoms with Gasteiger partial charge in [-0.1, -0.05) is 6.92 Å². The second-order valence-corrected chi connectivity index (χ2v) is 3.58. The van der Waals surface area contributed by atoms with Crippen molar-refractivity contribution in [1.82, 2.24) is 15.3 Å². The van der Waals surface area contributed by atoms with Crippen LogP contribution in [-0.2, 0) is 4.74 Å². The van der Waals surface area contributed by atoms with Crippen molar-refractivity contribution in [3.8, 4) is 11.8 Å². The van der Waals surface area contributed by atoms with Crippen molar-refractivity contribution in [3.05, 3.63) is 11.9 Å². The van der Waals surface area contributed by atoms with Crippen LogP contribution in [0.1, 0.15) is 25.6 Å². The van der Waals surface area contributed by atoms with Crippen LogP contribution in [0.15, 0.2) is 6.20 Å². The number of aromatic nitrogens is 2. The van der Waals surface area contributed by atoms with Gasteiger partial charge in [-0.3, -0.25) is 0 Å². The molecule has 0 spiro atoms. The minimum atomic E-state index is -0.0386. The van der Waals surface area contributed by atoms with E-state index in [1.807, 2.05) is 13.8 Å². The highest BCUT2D eigenvalue weighted by atomic mass is 16.5. The Balaban J connectivity index is 2.94. The number of methoxy groups -OCH3 is 2. The summed E-state index contributed by atoms with van der Waals surface area (Å²) >= 11 is 0. The summed E-state index contributed by atoms with van der Waals surface area (Å²) in [5.74, 6) is 0.891. The van der Waals surface area contributed by atoms with E-state index in [9.17, 15) is 0 Å². The van der Waals surface area contributed by atoms with Crippen LogP contribution >= 0.6 is 0 Å². The van der Waals surface area contributed by atoms with Crippen LogP contribution in [-0.4, -0.2) is 43.9 Å². The van der Waals surface area contributed by atoms with Gasteiger partial charge in [-0.05, 0) is 13.5 Å². The lowest BCUT2D eigenvalue weighted by Crippen LogP contribution is -2.27. The van der Waals surface area contributed by atoms with E-state index in [1.165, 1.54) is 0 Å². The molecule has 0 saturated heterocycles. The molecule has 0 aliphatic heterocycles. The first-order valence-corrected chi connectivity index (χ1v) is 6.02. The Morgan fingerprint density at radius 3 is 2.61 bits per heavy atom. The van der Waals surface area contributed by atoms with E-state index >= 15 is 0 Å². The lowest BCUT2D eigenvalue weighted by molar-refractivity contribution is 0.121. The van der Waals surface area contributed by atoms with Gasteiger partial charge in [-0.15, -0.1) is 0 Å². The average Bonchev–Trinajstić information content (AvgIpc) is 2.42. The minimum Gasteiger partial charge on any atom is -0.480 e. The second kappa shape index (κ2) is 7.84. The Morgan fingerprint density at radius 2 is 2.06 bits per heavy atom. The maximum atomic E-state index is 5.44. The molecule has 0 fully saturated rings. The van der Waals surface area contributed by atoms with E-state index in [-0.39, 0.29) is 6.04 Å². The zero-order valence-corrected chi connectivity index (χ0v) is 11.4. The van der Waals surface area contributed by atoms with Gasteiger partial charge in [0.2, 0.25) is 11.8 Å². The highest BCUT2D eigenvalue weighted by Crippen LogP contribution is 2.23. The molecule has 0 amide bonds. The summed E-state index contributed by atoms with van der Waals surface area (Å²) in [6.45, 7) is 5.99. The lowest BCUT2D eigenvalue weighted by atomic mass is 10.2. The van der Waals surface area contributed by atoms with Gasteiger partial charge in [0.05, 0.1) is 33.1 Å². The summed E-state index contributed by atoms with van der Waals surface area (Å²) < 4.78 is 15.7. The molecule has 18 heavy (non-hydrogen) atoms. The van der Waals surface area contributed by atoms with Crippen molar-refractivity contribution in [2.75, 3.05) is 34.0 Å². The molecule has 0 aliphatic rings. The molecule has 0 saturated carbocycles. The molecule has 102 valence electrons. The Bertz CT molecular complexity index is 360. The van der Waals surface area contributed by atoms with E-state index in [4.69, 9.17) is 14.2 Å². The van der Waals surface area contributed by atoms with Gasteiger partial charge in [-0.2, -0.15) is 4.98 Å². The van der Waals surface area contributed by atoms with E-state index < -0.39 is 0 Å². The standard InChI is InChI=1S/C12H21N3O3/c1-5-13-9(8-18-6-2)11-12(17-4)15-10(16-3)7-14-11/h7,9,13H,5-6,8H2,1-4H3. The Kier molecular flexibility index (Phi) is 6.38. The van der Waals surface area contributed by atoms with Crippen LogP contribution in [0.3, 0.4) is 0 Å². The molecule has 0 aliphatic carbocycles. The highest BCUT2D eigenvalue weighted by molar-refractivity contribution is 5.25. The maximum absolute atomic E-state index is 5.44. The molecule has 1 heterocycles. The molecule has 0 bridgehead atoms. The largest absolute Gasteiger partial charge is 0.480 e. The third kappa shape index (κ3) is 3.82. The summed E-state index contributed by atoms with van der Waals surface area (Å²) in [7, 11) is 3.11. The maximum Gasteiger partial charge on any atom is 0.240 e. The van der Waals surface area contributed by atoms with Crippen molar-refractivity contribution in [3.63, 3.8) is 0 Å². The molecule has 0 aromatic carbocycles. The zero-order chi connectivity index (χ0) is 13.4. The third-order valence-electron chi connectivity index (χ3n) is 2.42. The van der Waals surface area contributed by atoms with Gasteiger partial charge in [0.25, 0.3) is 0 Å². The fourth-order valence-electron chi connectivity index (χ4n) is 1.57. The molecular formula is C12H21N3O3. The van der Waals surface area contributed by atoms with E-state index in [2.05, 4.69) is 15.3 Å². The molecule has 1 rings (SSSR count). The molecule has 1 aromatic rings. The van der Waals surface area contributed by atoms with Gasteiger partial charge < -0.3 is 19.5 Å². The first kappa shape index (κ1) is 14.7. The van der Waals surface area contributed by atoms with Gasteiger partial charge in [0.15, 0.2) is 0 Å². The molecule has 6 heteroatoms. The summed E-state index contributed by atoms with van der Waals surface area (Å²) in [4.78, 5) is 8.56. The van der Waals surface area contributed by atoms with Crippen LogP contribution in [0.25, 0.3) is 0 Å². The van der Waals surface area contributed by atoms with Crippen LogP contribution in [0, 0.1) is 0 Å². The number of hydrogen-bond donors (Lipinski definition) is 1. The number of likely N-dealkylation sites (N-methyl/N-ethyl adjacent to an activating group) is 1. The van der Waals surface area contributed by atoms with Crippen molar-refractivity contribution in [2.24, 2.45) is 0 Å². The third-order valence-corrected chi connectivity index (χ3v) is 2.42. The Morgan fingerprint density at radius 1 is 1.28 bits per heavy atom. The Labute approximate surface area is 108 Å². The van der Waals surface area contributed by atoms with Crippen LogP contribution in [0.5, 0.6) is 11.8 Å². The number of nitrogens with zero attached hydrogens (tertiary/aromatic N) is 2. The Hall–Kier alpha value is -1.40. The van der Waals surface area contributed by atoms with Crippen LogP contribution in [0.4, 0.5) is 0 Å². The van der Waals surface area contributed by atoms with Crippen LogP contribution < -0.4 is 14.8 Å². The SMILES string of the molecule is CCNC(COCC)c1ncc(OC)nc1OC. The molecule has 1 unspecified atom stereocenters. The highest BCUT2D eigenvalue weighted by Gasteiger charge is 2.19. The van der Waals surface area contributed by atoms with Gasteiger partial charge in [0, 0.05) is 6.61 Å². The molecule has 6 nitrogen and oxygen atoms in total. The van der Waals surface area contributed by atoms with Crippen molar-refractivity contribution in [2.45, 2.75) is 19.9 Å². The predicted molar refractivity (Wildman–Crippen MR) is 68.0 cm³/mol. The normalized spacial score (nSPS) is 12.2. The smallest absolute Gasteiger partial charge is 0.240 e. The summed E-state index contributed by atoms with van der Waals surface area (Å²) in [5, 5.41) is 3.30. The number of rotatable bonds is 8. The number of nitrogens with one attached hydrogen (secondary N) is 1. The molecule has 1 atom stereocenters. The molecule has 1 aromatic heterocycles. The van der Waals surface area contributed by atoms with E-state index in [0.717, 1.165) is 12.2 Å². The van der Waals surface area contributed by atoms with Crippen molar-refractivity contribution < 1.29 is 14.2 Å². The fourth-order valence-corrected chi connectivity index (χ4v) is 1.57. The second-order valence-electron chi connectivity index (χ2n) is 3.58. The minimum absolute atomic E-state index is 0.0386. The quantitative estimate of drug-likeness (QED) is 0.752. The lowest BCUT2D eigenvalue weighted by Gasteiger charge is -2.18. The van der Waals surface area contributed by atoms with Crippen molar-refractivity contribution in [1.29, 1.82) is 0 Å². The first-order valence-electron chi connectivity index (χ1n) is 6.02. The summed E-state index contributed by atoms with van der Waals surface area (Å²) in [5.41, 5.74) is 0.730. The number of hydrogen-bond acceptors (Lipinski definition) is 6. The molecule has 0 radical (unpaired) electrons. The van der Waals surface area contributed by atoms with Gasteiger partial charge >= 0.3 is 0 Å². The first-order chi connectivity index (χ1) is 8.76. The topological polar surface area (TPSA) is 65.5 Å². The summed E-state index contributed by atoms with van der Waals surface area (Å²) in [6, 6.07) is -0.0386. The average molecular weight is 255 g/mol. The van der Waals surface area contributed by atoms with E-state index in [0.29, 0.717) is 25.0 Å². The predicted octanol–water partition coefficient (Wildman–Crippen LogP) is 1.18.